The number of rotatable bonds is 3. The van der Waals surface area contributed by atoms with Crippen LogP contribution in [0.4, 0.5) is 0 Å². The second-order valence-corrected chi connectivity index (χ2v) is 4.93. The van der Waals surface area contributed by atoms with E-state index < -0.39 is 5.97 Å². The van der Waals surface area contributed by atoms with Gasteiger partial charge in [-0.1, -0.05) is 0 Å². The topological polar surface area (TPSA) is 91.0 Å². The zero-order chi connectivity index (χ0) is 14.8. The van der Waals surface area contributed by atoms with Gasteiger partial charge in [-0.2, -0.15) is 5.10 Å². The van der Waals surface area contributed by atoms with E-state index in [1.54, 1.807) is 34.2 Å². The van der Waals surface area contributed by atoms with Gasteiger partial charge in [0.25, 0.3) is 5.91 Å². The lowest BCUT2D eigenvalue weighted by atomic mass is 10.2. The Kier molecular flexibility index (Phi) is 3.53. The van der Waals surface area contributed by atoms with Crippen molar-refractivity contribution in [2.24, 2.45) is 0 Å². The van der Waals surface area contributed by atoms with E-state index >= 15 is 0 Å². The maximum absolute atomic E-state index is 12.5. The third kappa shape index (κ3) is 2.70. The van der Waals surface area contributed by atoms with Crippen molar-refractivity contribution in [3.8, 4) is 0 Å². The average molecular weight is 289 g/mol. The molecule has 1 aliphatic heterocycles. The van der Waals surface area contributed by atoms with Crippen molar-refractivity contribution in [3.63, 3.8) is 0 Å². The van der Waals surface area contributed by atoms with Crippen molar-refractivity contribution in [1.82, 2.24) is 24.4 Å². The number of carbonyl (C=O) groups excluding carboxylic acids is 1. The molecule has 1 aliphatic rings. The van der Waals surface area contributed by atoms with Gasteiger partial charge in [0, 0.05) is 38.6 Å². The number of hydrogen-bond acceptors (Lipinski definition) is 5. The first-order valence-corrected chi connectivity index (χ1v) is 6.66. The molecular formula is C13H15N5O3. The predicted molar refractivity (Wildman–Crippen MR) is 73.0 cm³/mol. The molecular weight excluding hydrogens is 274 g/mol. The fourth-order valence-corrected chi connectivity index (χ4v) is 2.47. The van der Waals surface area contributed by atoms with Gasteiger partial charge in [-0.15, -0.1) is 0 Å². The summed E-state index contributed by atoms with van der Waals surface area (Å²) in [4.78, 5) is 30.8. The summed E-state index contributed by atoms with van der Waals surface area (Å²) in [5.41, 5.74) is 1.20. The number of aromatic nitrogens is 3. The highest BCUT2D eigenvalue weighted by molar-refractivity contribution is 6.00. The molecule has 0 atom stereocenters. The lowest BCUT2D eigenvalue weighted by Gasteiger charge is -2.33. The normalized spacial score (nSPS) is 16.3. The number of carboxylic acid groups (broad SMARTS) is 1. The van der Waals surface area contributed by atoms with Crippen LogP contribution in [0.25, 0.3) is 5.52 Å². The van der Waals surface area contributed by atoms with E-state index in [1.165, 1.54) is 0 Å². The van der Waals surface area contributed by atoms with E-state index in [2.05, 4.69) is 10.1 Å². The van der Waals surface area contributed by atoms with Crippen LogP contribution in [0.5, 0.6) is 0 Å². The Morgan fingerprint density at radius 1 is 1.19 bits per heavy atom. The molecule has 21 heavy (non-hydrogen) atoms. The van der Waals surface area contributed by atoms with Crippen LogP contribution in [0.3, 0.4) is 0 Å². The Balaban J connectivity index is 1.71. The molecule has 1 amide bonds. The summed E-state index contributed by atoms with van der Waals surface area (Å²) in [6, 6.07) is 0. The Morgan fingerprint density at radius 2 is 1.95 bits per heavy atom. The number of fused-ring (bicyclic) bond motifs is 1. The maximum Gasteiger partial charge on any atom is 0.317 e. The molecule has 0 radical (unpaired) electrons. The van der Waals surface area contributed by atoms with Crippen LogP contribution in [0.2, 0.25) is 0 Å². The molecule has 0 aliphatic carbocycles. The quantitative estimate of drug-likeness (QED) is 0.824. The Hall–Kier alpha value is -2.48. The number of aliphatic carboxylic acids is 1. The summed E-state index contributed by atoms with van der Waals surface area (Å²) in [5, 5.41) is 12.9. The van der Waals surface area contributed by atoms with Crippen LogP contribution in [-0.2, 0) is 4.79 Å². The van der Waals surface area contributed by atoms with Crippen molar-refractivity contribution in [2.75, 3.05) is 32.7 Å². The van der Waals surface area contributed by atoms with Gasteiger partial charge in [0.1, 0.15) is 0 Å². The molecule has 110 valence electrons. The molecule has 0 saturated carbocycles. The minimum Gasteiger partial charge on any atom is -0.480 e. The van der Waals surface area contributed by atoms with Crippen LogP contribution in [0.1, 0.15) is 10.4 Å². The van der Waals surface area contributed by atoms with E-state index in [0.29, 0.717) is 37.3 Å². The molecule has 0 bridgehead atoms. The third-order valence-corrected chi connectivity index (χ3v) is 3.57. The van der Waals surface area contributed by atoms with E-state index in [4.69, 9.17) is 5.11 Å². The number of nitrogens with zero attached hydrogens (tertiary/aromatic N) is 5. The molecule has 3 rings (SSSR count). The van der Waals surface area contributed by atoms with E-state index in [9.17, 15) is 9.59 Å². The number of carbonyl (C=O) groups is 2. The molecule has 1 saturated heterocycles. The van der Waals surface area contributed by atoms with Crippen molar-refractivity contribution >= 4 is 17.4 Å². The molecule has 0 spiro atoms. The van der Waals surface area contributed by atoms with Crippen molar-refractivity contribution in [2.45, 2.75) is 0 Å². The van der Waals surface area contributed by atoms with Gasteiger partial charge in [-0.3, -0.25) is 19.5 Å². The Morgan fingerprint density at radius 3 is 2.67 bits per heavy atom. The number of hydrogen-bond donors (Lipinski definition) is 1. The van der Waals surface area contributed by atoms with Crippen LogP contribution in [0.15, 0.2) is 24.8 Å². The van der Waals surface area contributed by atoms with Gasteiger partial charge in [-0.05, 0) is 0 Å². The van der Waals surface area contributed by atoms with Crippen LogP contribution < -0.4 is 0 Å². The van der Waals surface area contributed by atoms with Crippen molar-refractivity contribution < 1.29 is 14.7 Å². The third-order valence-electron chi connectivity index (χ3n) is 3.57. The zero-order valence-corrected chi connectivity index (χ0v) is 11.3. The Bertz CT molecular complexity index is 675. The summed E-state index contributed by atoms with van der Waals surface area (Å²) < 4.78 is 1.61. The van der Waals surface area contributed by atoms with Crippen molar-refractivity contribution in [3.05, 3.63) is 30.4 Å². The summed E-state index contributed by atoms with van der Waals surface area (Å²) in [6.45, 7) is 2.18. The van der Waals surface area contributed by atoms with Crippen molar-refractivity contribution in [1.29, 1.82) is 0 Å². The molecule has 2 aromatic rings. The summed E-state index contributed by atoms with van der Waals surface area (Å²) in [6.07, 6.45) is 6.46. The van der Waals surface area contributed by atoms with Gasteiger partial charge in [0.15, 0.2) is 0 Å². The van der Waals surface area contributed by atoms with E-state index in [-0.39, 0.29) is 12.5 Å². The molecule has 1 N–H and O–H groups in total. The highest BCUT2D eigenvalue weighted by Gasteiger charge is 2.25. The first kappa shape index (κ1) is 13.5. The zero-order valence-electron chi connectivity index (χ0n) is 11.3. The lowest BCUT2D eigenvalue weighted by Crippen LogP contribution is -2.49. The fourth-order valence-electron chi connectivity index (χ4n) is 2.47. The monoisotopic (exact) mass is 289 g/mol. The second-order valence-electron chi connectivity index (χ2n) is 4.93. The summed E-state index contributed by atoms with van der Waals surface area (Å²) >= 11 is 0. The molecule has 2 aromatic heterocycles. The summed E-state index contributed by atoms with van der Waals surface area (Å²) in [5.74, 6) is -0.934. The molecule has 8 nitrogen and oxygen atoms in total. The highest BCUT2D eigenvalue weighted by Crippen LogP contribution is 2.13. The molecule has 1 fully saturated rings. The highest BCUT2D eigenvalue weighted by atomic mass is 16.4. The van der Waals surface area contributed by atoms with Gasteiger partial charge < -0.3 is 10.0 Å². The SMILES string of the molecule is O=C(O)CN1CCN(C(=O)c2cnn3ccncc23)CC1. The van der Waals surface area contributed by atoms with Gasteiger partial charge in [-0.25, -0.2) is 4.52 Å². The molecule has 0 unspecified atom stereocenters. The Labute approximate surface area is 120 Å². The van der Waals surface area contributed by atoms with Gasteiger partial charge in [0.2, 0.25) is 0 Å². The maximum atomic E-state index is 12.5. The average Bonchev–Trinajstić information content (AvgIpc) is 2.90. The van der Waals surface area contributed by atoms with Gasteiger partial charge in [0.05, 0.1) is 30.0 Å². The minimum atomic E-state index is -0.844. The molecule has 3 heterocycles. The van der Waals surface area contributed by atoms with Crippen LogP contribution in [0, 0.1) is 0 Å². The number of piperazine rings is 1. The van der Waals surface area contributed by atoms with E-state index in [1.807, 2.05) is 4.90 Å². The standard InChI is InChI=1S/C13H15N5O3/c19-12(20)9-16-3-5-17(6-4-16)13(21)10-7-15-18-2-1-14-8-11(10)18/h1-2,7-8H,3-6,9H2,(H,19,20). The minimum absolute atomic E-state index is 0.0165. The largest absolute Gasteiger partial charge is 0.480 e. The molecule has 0 aromatic carbocycles. The lowest BCUT2D eigenvalue weighted by molar-refractivity contribution is -0.138. The fraction of sp³-hybridized carbons (Fsp3) is 0.385. The summed E-state index contributed by atoms with van der Waals surface area (Å²) in [7, 11) is 0. The molecule has 8 heteroatoms. The smallest absolute Gasteiger partial charge is 0.317 e. The predicted octanol–water partition coefficient (Wildman–Crippen LogP) is -0.428. The first-order valence-electron chi connectivity index (χ1n) is 6.66. The number of amides is 1. The van der Waals surface area contributed by atoms with E-state index in [0.717, 1.165) is 0 Å². The van der Waals surface area contributed by atoms with Gasteiger partial charge >= 0.3 is 5.97 Å². The first-order chi connectivity index (χ1) is 10.1. The number of carboxylic acids is 1. The van der Waals surface area contributed by atoms with Crippen LogP contribution >= 0.6 is 0 Å². The van der Waals surface area contributed by atoms with Crippen LogP contribution in [-0.4, -0.2) is 74.1 Å². The second kappa shape index (κ2) is 5.49.